The largest absolute Gasteiger partial charge is 0.394 e. The molecule has 5 heteroatoms. The molecule has 5 nitrogen and oxygen atoms in total. The Kier molecular flexibility index (Phi) is 4.10. The zero-order valence-electron chi connectivity index (χ0n) is 10.2. The third-order valence-corrected chi connectivity index (χ3v) is 2.75. The van der Waals surface area contributed by atoms with Crippen molar-refractivity contribution in [1.82, 2.24) is 10.3 Å². The third-order valence-electron chi connectivity index (χ3n) is 2.75. The summed E-state index contributed by atoms with van der Waals surface area (Å²) in [5, 5.41) is 12.0. The molecule has 1 aromatic heterocycles. The molecule has 1 amide bonds. The molecule has 1 atom stereocenters. The zero-order chi connectivity index (χ0) is 13.7. The van der Waals surface area contributed by atoms with Crippen LogP contribution in [0.25, 0.3) is 0 Å². The Bertz CT molecular complexity index is 607. The molecule has 0 saturated heterocycles. The molecule has 0 spiro atoms. The molecule has 1 heterocycles. The van der Waals surface area contributed by atoms with Crippen LogP contribution < -0.4 is 10.9 Å². The molecule has 0 radical (unpaired) electrons. The highest BCUT2D eigenvalue weighted by atomic mass is 16.3. The smallest absolute Gasteiger partial charge is 0.260 e. The average Bonchev–Trinajstić information content (AvgIpc) is 2.46. The summed E-state index contributed by atoms with van der Waals surface area (Å²) < 4.78 is 0. The van der Waals surface area contributed by atoms with E-state index in [-0.39, 0.29) is 12.2 Å². The monoisotopic (exact) mass is 258 g/mol. The highest BCUT2D eigenvalue weighted by Crippen LogP contribution is 2.11. The van der Waals surface area contributed by atoms with Gasteiger partial charge in [-0.25, -0.2) is 0 Å². The van der Waals surface area contributed by atoms with E-state index in [0.29, 0.717) is 0 Å². The first kappa shape index (κ1) is 13.0. The van der Waals surface area contributed by atoms with E-state index in [0.717, 1.165) is 5.56 Å². The van der Waals surface area contributed by atoms with Gasteiger partial charge in [0.05, 0.1) is 12.6 Å². The van der Waals surface area contributed by atoms with Crippen LogP contribution in [0.15, 0.2) is 53.5 Å². The van der Waals surface area contributed by atoms with E-state index >= 15 is 0 Å². The number of H-pyrrole nitrogens is 1. The number of amides is 1. The predicted octanol–water partition coefficient (Wildman–Crippen LogP) is 0.838. The van der Waals surface area contributed by atoms with Gasteiger partial charge in [-0.3, -0.25) is 9.59 Å². The molecule has 3 N–H and O–H groups in total. The first-order valence-corrected chi connectivity index (χ1v) is 5.86. The van der Waals surface area contributed by atoms with Crippen LogP contribution in [0, 0.1) is 0 Å². The van der Waals surface area contributed by atoms with Crippen molar-refractivity contribution in [1.29, 1.82) is 0 Å². The maximum absolute atomic E-state index is 12.0. The van der Waals surface area contributed by atoms with Crippen molar-refractivity contribution in [2.45, 2.75) is 6.04 Å². The number of carbonyl (C=O) groups excluding carboxylic acids is 1. The van der Waals surface area contributed by atoms with E-state index in [1.807, 2.05) is 18.2 Å². The molecule has 0 aliphatic carbocycles. The van der Waals surface area contributed by atoms with Crippen molar-refractivity contribution in [3.05, 3.63) is 70.1 Å². The first-order chi connectivity index (χ1) is 9.22. The summed E-state index contributed by atoms with van der Waals surface area (Å²) in [4.78, 5) is 25.9. The molecule has 2 aromatic rings. The fraction of sp³-hybridized carbons (Fsp3) is 0.143. The summed E-state index contributed by atoms with van der Waals surface area (Å²) in [6.45, 7) is -0.236. The van der Waals surface area contributed by atoms with Crippen LogP contribution in [0.2, 0.25) is 0 Å². The number of aromatic nitrogens is 1. The van der Waals surface area contributed by atoms with Crippen LogP contribution in [0.1, 0.15) is 22.0 Å². The normalized spacial score (nSPS) is 11.8. The van der Waals surface area contributed by atoms with E-state index < -0.39 is 17.5 Å². The molecule has 0 bridgehead atoms. The quantitative estimate of drug-likeness (QED) is 0.760. The second kappa shape index (κ2) is 5.97. The lowest BCUT2D eigenvalue weighted by molar-refractivity contribution is 0.0914. The number of pyridine rings is 1. The van der Waals surface area contributed by atoms with Gasteiger partial charge in [-0.15, -0.1) is 0 Å². The van der Waals surface area contributed by atoms with Crippen molar-refractivity contribution in [2.75, 3.05) is 6.61 Å². The van der Waals surface area contributed by atoms with Gasteiger partial charge in [-0.2, -0.15) is 0 Å². The molecule has 0 saturated carbocycles. The van der Waals surface area contributed by atoms with Crippen molar-refractivity contribution in [2.24, 2.45) is 0 Å². The van der Waals surface area contributed by atoms with E-state index in [1.54, 1.807) is 18.2 Å². The van der Waals surface area contributed by atoms with Gasteiger partial charge in [0.15, 0.2) is 0 Å². The van der Waals surface area contributed by atoms with Crippen molar-refractivity contribution in [3.63, 3.8) is 0 Å². The molecule has 1 aromatic carbocycles. The van der Waals surface area contributed by atoms with Crippen LogP contribution >= 0.6 is 0 Å². The summed E-state index contributed by atoms with van der Waals surface area (Å²) in [6.07, 6.45) is 1.46. The van der Waals surface area contributed by atoms with Crippen LogP contribution in [-0.4, -0.2) is 22.6 Å². The minimum atomic E-state index is -0.534. The summed E-state index contributed by atoms with van der Waals surface area (Å²) in [7, 11) is 0. The van der Waals surface area contributed by atoms with Crippen molar-refractivity contribution < 1.29 is 9.90 Å². The molecule has 0 fully saturated rings. The SMILES string of the molecule is O=C(N[C@@H](CO)c1ccccc1)c1ccc[nH]c1=O. The van der Waals surface area contributed by atoms with Gasteiger partial charge in [0.1, 0.15) is 5.56 Å². The molecule has 19 heavy (non-hydrogen) atoms. The summed E-state index contributed by atoms with van der Waals surface area (Å²) in [5.41, 5.74) is 0.354. The van der Waals surface area contributed by atoms with Gasteiger partial charge in [-0.1, -0.05) is 30.3 Å². The van der Waals surface area contributed by atoms with E-state index in [4.69, 9.17) is 0 Å². The lowest BCUT2D eigenvalue weighted by atomic mass is 10.1. The van der Waals surface area contributed by atoms with Gasteiger partial charge in [-0.05, 0) is 17.7 Å². The lowest BCUT2D eigenvalue weighted by Gasteiger charge is -2.16. The van der Waals surface area contributed by atoms with Crippen LogP contribution in [0.5, 0.6) is 0 Å². The number of nitrogens with one attached hydrogen (secondary N) is 2. The maximum Gasteiger partial charge on any atom is 0.260 e. The van der Waals surface area contributed by atoms with E-state index in [9.17, 15) is 14.7 Å². The molecule has 0 unspecified atom stereocenters. The van der Waals surface area contributed by atoms with Gasteiger partial charge in [0.25, 0.3) is 11.5 Å². The fourth-order valence-electron chi connectivity index (χ4n) is 1.76. The van der Waals surface area contributed by atoms with Gasteiger partial charge < -0.3 is 15.4 Å². The zero-order valence-corrected chi connectivity index (χ0v) is 10.2. The Morgan fingerprint density at radius 2 is 1.95 bits per heavy atom. The van der Waals surface area contributed by atoms with E-state index in [2.05, 4.69) is 10.3 Å². The molecule has 2 rings (SSSR count). The predicted molar refractivity (Wildman–Crippen MR) is 70.8 cm³/mol. The highest BCUT2D eigenvalue weighted by molar-refractivity contribution is 5.94. The third kappa shape index (κ3) is 3.08. The number of hydrogen-bond acceptors (Lipinski definition) is 3. The maximum atomic E-state index is 12.0. The van der Waals surface area contributed by atoms with Gasteiger partial charge in [0.2, 0.25) is 0 Å². The summed E-state index contributed by atoms with van der Waals surface area (Å²) >= 11 is 0. The first-order valence-electron chi connectivity index (χ1n) is 5.86. The number of carbonyl (C=O) groups is 1. The molecule has 98 valence electrons. The molecule has 0 aliphatic rings. The Hall–Kier alpha value is -2.40. The number of aliphatic hydroxyl groups excluding tert-OH is 1. The number of benzene rings is 1. The number of hydrogen-bond donors (Lipinski definition) is 3. The standard InChI is InChI=1S/C14H14N2O3/c17-9-12(10-5-2-1-3-6-10)16-14(19)11-7-4-8-15-13(11)18/h1-8,12,17H,9H2,(H,15,18)(H,16,19)/t12-/m0/s1. The molecular weight excluding hydrogens is 244 g/mol. The second-order valence-corrected chi connectivity index (χ2v) is 4.03. The Morgan fingerprint density at radius 3 is 2.58 bits per heavy atom. The minimum Gasteiger partial charge on any atom is -0.394 e. The van der Waals surface area contributed by atoms with Crippen LogP contribution in [-0.2, 0) is 0 Å². The number of rotatable bonds is 4. The summed E-state index contributed by atoms with van der Waals surface area (Å²) in [5.74, 6) is -0.509. The van der Waals surface area contributed by atoms with Crippen LogP contribution in [0.4, 0.5) is 0 Å². The van der Waals surface area contributed by atoms with E-state index in [1.165, 1.54) is 12.3 Å². The topological polar surface area (TPSA) is 82.2 Å². The Morgan fingerprint density at radius 1 is 1.21 bits per heavy atom. The highest BCUT2D eigenvalue weighted by Gasteiger charge is 2.16. The van der Waals surface area contributed by atoms with Crippen molar-refractivity contribution >= 4 is 5.91 Å². The van der Waals surface area contributed by atoms with Gasteiger partial charge in [0, 0.05) is 6.20 Å². The van der Waals surface area contributed by atoms with Crippen molar-refractivity contribution in [3.8, 4) is 0 Å². The molecular formula is C14H14N2O3. The Labute approximate surface area is 109 Å². The Balaban J connectivity index is 2.18. The van der Waals surface area contributed by atoms with Gasteiger partial charge >= 0.3 is 0 Å². The lowest BCUT2D eigenvalue weighted by Crippen LogP contribution is -2.34. The second-order valence-electron chi connectivity index (χ2n) is 4.03. The van der Waals surface area contributed by atoms with Crippen LogP contribution in [0.3, 0.4) is 0 Å². The fourth-order valence-corrected chi connectivity index (χ4v) is 1.76. The number of aliphatic hydroxyl groups is 1. The molecule has 0 aliphatic heterocycles. The summed E-state index contributed by atoms with van der Waals surface area (Å²) in [6, 6.07) is 11.6. The average molecular weight is 258 g/mol. The number of aromatic amines is 1. The minimum absolute atomic E-state index is 0.0249.